The molecule has 0 saturated carbocycles. The van der Waals surface area contributed by atoms with Crippen LogP contribution in [0.15, 0.2) is 60.7 Å². The fraction of sp³-hybridized carbons (Fsp3) is 0.292. The van der Waals surface area contributed by atoms with Gasteiger partial charge >= 0.3 is 0 Å². The minimum atomic E-state index is 0. The third-order valence-corrected chi connectivity index (χ3v) is 5.57. The van der Waals surface area contributed by atoms with E-state index in [1.54, 1.807) is 5.92 Å². The zero-order valence-corrected chi connectivity index (χ0v) is 17.4. The van der Waals surface area contributed by atoms with Gasteiger partial charge in [0, 0.05) is 38.0 Å². The van der Waals surface area contributed by atoms with Gasteiger partial charge in [0.1, 0.15) is 0 Å². The molecular formula is C24H25Zr-. The van der Waals surface area contributed by atoms with E-state index in [4.69, 9.17) is 0 Å². The van der Waals surface area contributed by atoms with Crippen LogP contribution in [0, 0.1) is 5.92 Å². The van der Waals surface area contributed by atoms with E-state index < -0.39 is 0 Å². The van der Waals surface area contributed by atoms with Crippen molar-refractivity contribution < 1.29 is 26.2 Å². The van der Waals surface area contributed by atoms with Crippen LogP contribution in [-0.2, 0) is 26.2 Å². The predicted molar refractivity (Wildman–Crippen MR) is 104 cm³/mol. The summed E-state index contributed by atoms with van der Waals surface area (Å²) in [5.74, 6) is 2.87. The van der Waals surface area contributed by atoms with Crippen molar-refractivity contribution in [2.75, 3.05) is 0 Å². The normalized spacial score (nSPS) is 19.8. The molecule has 25 heavy (non-hydrogen) atoms. The monoisotopic (exact) mass is 403 g/mol. The summed E-state index contributed by atoms with van der Waals surface area (Å²) in [7, 11) is 0. The zero-order chi connectivity index (χ0) is 16.4. The maximum absolute atomic E-state index is 2.38. The number of hydrogen-bond acceptors (Lipinski definition) is 0. The number of fused-ring (bicyclic) bond motifs is 2. The van der Waals surface area contributed by atoms with E-state index in [1.165, 1.54) is 47.9 Å². The number of allylic oxidation sites excluding steroid dienone is 2. The van der Waals surface area contributed by atoms with Gasteiger partial charge in [0.2, 0.25) is 0 Å². The quantitative estimate of drug-likeness (QED) is 0.467. The maximum atomic E-state index is 2.38. The van der Waals surface area contributed by atoms with Gasteiger partial charge < -0.3 is 5.92 Å². The first kappa shape index (κ1) is 18.6. The molecule has 0 bridgehead atoms. The topological polar surface area (TPSA) is 0 Å². The molecule has 2 aliphatic carbocycles. The molecule has 4 rings (SSSR count). The Hall–Kier alpha value is -1.20. The second kappa shape index (κ2) is 8.46. The summed E-state index contributed by atoms with van der Waals surface area (Å²) >= 11 is 0. The molecule has 2 aromatic rings. The minimum Gasteiger partial charge on any atom is -0.317 e. The fourth-order valence-electron chi connectivity index (χ4n) is 4.08. The van der Waals surface area contributed by atoms with E-state index in [1.807, 2.05) is 0 Å². The van der Waals surface area contributed by atoms with Crippen molar-refractivity contribution in [2.24, 2.45) is 0 Å². The zero-order valence-electron chi connectivity index (χ0n) is 14.9. The summed E-state index contributed by atoms with van der Waals surface area (Å²) in [6.07, 6.45) is 14.3. The van der Waals surface area contributed by atoms with Crippen LogP contribution in [0.25, 0.3) is 12.2 Å². The molecule has 0 radical (unpaired) electrons. The van der Waals surface area contributed by atoms with Gasteiger partial charge in [-0.05, 0) is 22.3 Å². The summed E-state index contributed by atoms with van der Waals surface area (Å²) in [5, 5.41) is 0. The van der Waals surface area contributed by atoms with E-state index in [0.717, 1.165) is 0 Å². The van der Waals surface area contributed by atoms with Gasteiger partial charge in [-0.25, -0.2) is 0 Å². The smallest absolute Gasteiger partial charge is 0.000306 e. The number of benzene rings is 2. The van der Waals surface area contributed by atoms with Gasteiger partial charge in [-0.15, -0.1) is 0 Å². The summed E-state index contributed by atoms with van der Waals surface area (Å²) < 4.78 is 0. The third-order valence-electron chi connectivity index (χ3n) is 5.57. The van der Waals surface area contributed by atoms with Crippen LogP contribution in [0.5, 0.6) is 0 Å². The summed E-state index contributed by atoms with van der Waals surface area (Å²) in [6.45, 7) is 2.34. The van der Waals surface area contributed by atoms with Crippen molar-refractivity contribution in [1.29, 1.82) is 0 Å². The summed E-state index contributed by atoms with van der Waals surface area (Å²) in [4.78, 5) is 0. The summed E-state index contributed by atoms with van der Waals surface area (Å²) in [6, 6.07) is 17.6. The largest absolute Gasteiger partial charge is 0.317 e. The molecule has 2 aromatic carbocycles. The van der Waals surface area contributed by atoms with E-state index in [-0.39, 0.29) is 26.2 Å². The van der Waals surface area contributed by atoms with Crippen molar-refractivity contribution >= 4 is 12.2 Å². The van der Waals surface area contributed by atoms with Crippen LogP contribution in [0.2, 0.25) is 0 Å². The van der Waals surface area contributed by atoms with Crippen LogP contribution in [0.4, 0.5) is 0 Å². The second-order valence-corrected chi connectivity index (χ2v) is 7.22. The van der Waals surface area contributed by atoms with Crippen LogP contribution in [0.1, 0.15) is 66.7 Å². The Morgan fingerprint density at radius 3 is 1.64 bits per heavy atom. The van der Waals surface area contributed by atoms with Crippen molar-refractivity contribution in [2.45, 2.75) is 44.4 Å². The molecule has 2 atom stereocenters. The van der Waals surface area contributed by atoms with Crippen LogP contribution in [0.3, 0.4) is 0 Å². The first-order chi connectivity index (χ1) is 11.8. The van der Waals surface area contributed by atoms with Crippen LogP contribution < -0.4 is 0 Å². The van der Waals surface area contributed by atoms with Crippen molar-refractivity contribution in [3.05, 3.63) is 88.9 Å². The number of rotatable bonds is 6. The molecule has 0 amide bonds. The predicted octanol–water partition coefficient (Wildman–Crippen LogP) is 6.76. The average molecular weight is 405 g/mol. The molecule has 0 aliphatic heterocycles. The van der Waals surface area contributed by atoms with Crippen molar-refractivity contribution in [3.63, 3.8) is 0 Å². The molecule has 0 fully saturated rings. The Morgan fingerprint density at radius 1 is 0.720 bits per heavy atom. The molecule has 126 valence electrons. The van der Waals surface area contributed by atoms with Gasteiger partial charge in [0.05, 0.1) is 0 Å². The third kappa shape index (κ3) is 4.14. The van der Waals surface area contributed by atoms with Gasteiger partial charge in [-0.2, -0.15) is 19.8 Å². The van der Waals surface area contributed by atoms with Crippen molar-refractivity contribution in [3.8, 4) is 0 Å². The molecule has 2 aliphatic rings. The van der Waals surface area contributed by atoms with Crippen molar-refractivity contribution in [1.82, 2.24) is 0 Å². The average Bonchev–Trinajstić information content (AvgIpc) is 3.22. The molecule has 2 unspecified atom stereocenters. The van der Waals surface area contributed by atoms with Gasteiger partial charge in [0.15, 0.2) is 0 Å². The molecule has 0 saturated heterocycles. The molecule has 0 aromatic heterocycles. The SMILES string of the molecule is C[C-](CCC1C=Cc2ccccc21)CCC1C=Cc2ccccc21.[Zr]. The standard InChI is InChI=1S/C24H25.Zr/c1-18(10-12-21-16-14-19-6-2-4-8-23(19)21)11-13-22-17-15-20-7-3-5-9-24(20)22;/h2-9,14-17,21-22H,10-13H2,1H3;/q-1;. The second-order valence-electron chi connectivity index (χ2n) is 7.22. The molecule has 0 spiro atoms. The van der Waals surface area contributed by atoms with E-state index in [0.29, 0.717) is 11.8 Å². The molecule has 0 nitrogen and oxygen atoms in total. The van der Waals surface area contributed by atoms with Gasteiger partial charge in [-0.3, -0.25) is 0 Å². The Kier molecular flexibility index (Phi) is 6.29. The van der Waals surface area contributed by atoms with Crippen LogP contribution in [-0.4, -0.2) is 0 Å². The first-order valence-corrected chi connectivity index (χ1v) is 9.17. The molecule has 0 heterocycles. The van der Waals surface area contributed by atoms with Gasteiger partial charge in [-0.1, -0.05) is 85.7 Å². The molecular weight excluding hydrogens is 379 g/mol. The van der Waals surface area contributed by atoms with Crippen LogP contribution >= 0.6 is 0 Å². The summed E-state index contributed by atoms with van der Waals surface area (Å²) in [5.41, 5.74) is 5.84. The molecule has 0 N–H and O–H groups in total. The molecule has 1 heteroatoms. The van der Waals surface area contributed by atoms with E-state index in [9.17, 15) is 0 Å². The first-order valence-electron chi connectivity index (χ1n) is 9.17. The van der Waals surface area contributed by atoms with E-state index in [2.05, 4.69) is 79.8 Å². The Bertz CT molecular complexity index is 706. The maximum Gasteiger partial charge on any atom is 0.000306 e. The Morgan fingerprint density at radius 2 is 1.16 bits per heavy atom. The fourth-order valence-corrected chi connectivity index (χ4v) is 4.08. The van der Waals surface area contributed by atoms with Gasteiger partial charge in [0.25, 0.3) is 0 Å². The Labute approximate surface area is 171 Å². The minimum absolute atomic E-state index is 0. The Balaban J connectivity index is 0.00000182. The van der Waals surface area contributed by atoms with E-state index >= 15 is 0 Å². The number of hydrogen-bond donors (Lipinski definition) is 0.